The monoisotopic (exact) mass is 218 g/mol. The highest BCUT2D eigenvalue weighted by molar-refractivity contribution is 5.65. The molecule has 0 saturated carbocycles. The summed E-state index contributed by atoms with van der Waals surface area (Å²) in [6.07, 6.45) is 0. The van der Waals surface area contributed by atoms with Crippen molar-refractivity contribution in [2.45, 2.75) is 6.61 Å². The molecule has 0 fully saturated rings. The summed E-state index contributed by atoms with van der Waals surface area (Å²) in [4.78, 5) is 0. The van der Waals surface area contributed by atoms with E-state index >= 15 is 0 Å². The Morgan fingerprint density at radius 2 is 1.62 bits per heavy atom. The van der Waals surface area contributed by atoms with Crippen molar-refractivity contribution in [2.24, 2.45) is 0 Å². The molecule has 0 unspecified atom stereocenters. The normalized spacial score (nSPS) is 10.4. The highest BCUT2D eigenvalue weighted by Crippen LogP contribution is 2.25. The molecular weight excluding hydrogens is 207 g/mol. The largest absolute Gasteiger partial charge is 0.508 e. The zero-order chi connectivity index (χ0) is 11.5. The van der Waals surface area contributed by atoms with Crippen molar-refractivity contribution in [1.29, 1.82) is 0 Å². The summed E-state index contributed by atoms with van der Waals surface area (Å²) in [5, 5.41) is 18.2. The Balaban J connectivity index is 2.42. The van der Waals surface area contributed by atoms with Crippen molar-refractivity contribution < 1.29 is 14.6 Å². The number of phenolic OH excluding ortho intramolecular Hbond substituents is 1. The number of aliphatic hydroxyl groups excluding tert-OH is 1. The second-order valence-electron chi connectivity index (χ2n) is 3.55. The molecule has 0 radical (unpaired) electrons. The van der Waals surface area contributed by atoms with Gasteiger partial charge in [-0.25, -0.2) is 4.39 Å². The van der Waals surface area contributed by atoms with Crippen LogP contribution in [0.1, 0.15) is 5.56 Å². The minimum absolute atomic E-state index is 0.0192. The van der Waals surface area contributed by atoms with Crippen molar-refractivity contribution in [1.82, 2.24) is 0 Å². The Bertz CT molecular complexity index is 472. The lowest BCUT2D eigenvalue weighted by molar-refractivity contribution is 0.282. The van der Waals surface area contributed by atoms with Gasteiger partial charge in [0.25, 0.3) is 0 Å². The van der Waals surface area contributed by atoms with E-state index in [1.165, 1.54) is 12.1 Å². The number of phenols is 1. The first-order valence-electron chi connectivity index (χ1n) is 4.89. The van der Waals surface area contributed by atoms with Gasteiger partial charge in [0.2, 0.25) is 0 Å². The summed E-state index contributed by atoms with van der Waals surface area (Å²) in [6, 6.07) is 11.0. The van der Waals surface area contributed by atoms with E-state index in [0.717, 1.165) is 17.2 Å². The average molecular weight is 218 g/mol. The van der Waals surface area contributed by atoms with Gasteiger partial charge in [-0.2, -0.15) is 0 Å². The first kappa shape index (κ1) is 10.6. The zero-order valence-corrected chi connectivity index (χ0v) is 8.52. The maximum absolute atomic E-state index is 13.1. The summed E-state index contributed by atoms with van der Waals surface area (Å²) >= 11 is 0. The van der Waals surface area contributed by atoms with Crippen molar-refractivity contribution >= 4 is 0 Å². The summed E-state index contributed by atoms with van der Waals surface area (Å²) < 4.78 is 13.1. The molecule has 2 aromatic rings. The predicted octanol–water partition coefficient (Wildman–Crippen LogP) is 2.69. The van der Waals surface area contributed by atoms with E-state index in [-0.39, 0.29) is 12.4 Å². The van der Waals surface area contributed by atoms with Crippen molar-refractivity contribution in [3.05, 3.63) is 53.8 Å². The van der Waals surface area contributed by atoms with Gasteiger partial charge in [-0.05, 0) is 28.8 Å². The highest BCUT2D eigenvalue weighted by atomic mass is 19.1. The fourth-order valence-corrected chi connectivity index (χ4v) is 1.54. The molecule has 0 atom stereocenters. The molecule has 0 saturated heterocycles. The quantitative estimate of drug-likeness (QED) is 0.813. The van der Waals surface area contributed by atoms with E-state index in [9.17, 15) is 9.50 Å². The van der Waals surface area contributed by atoms with E-state index in [1.807, 2.05) is 0 Å². The third-order valence-corrected chi connectivity index (χ3v) is 2.35. The summed E-state index contributed by atoms with van der Waals surface area (Å²) in [5.74, 6) is -0.567. The summed E-state index contributed by atoms with van der Waals surface area (Å²) in [6.45, 7) is -0.0192. The molecule has 0 aliphatic rings. The smallest absolute Gasteiger partial charge is 0.127 e. The van der Waals surface area contributed by atoms with Crippen LogP contribution in [0.4, 0.5) is 4.39 Å². The van der Waals surface area contributed by atoms with Gasteiger partial charge in [0, 0.05) is 6.07 Å². The van der Waals surface area contributed by atoms with Gasteiger partial charge in [-0.3, -0.25) is 0 Å². The standard InChI is InChI=1S/C13H11FO2/c14-12-5-11(6-13(16)7-12)10-3-1-9(8-15)2-4-10/h1-7,15-16H,8H2. The maximum atomic E-state index is 13.1. The highest BCUT2D eigenvalue weighted by Gasteiger charge is 2.02. The molecule has 0 aliphatic carbocycles. The lowest BCUT2D eigenvalue weighted by Gasteiger charge is -2.04. The zero-order valence-electron chi connectivity index (χ0n) is 8.52. The molecule has 0 amide bonds. The van der Waals surface area contributed by atoms with Gasteiger partial charge in [-0.15, -0.1) is 0 Å². The van der Waals surface area contributed by atoms with Crippen LogP contribution in [0.25, 0.3) is 11.1 Å². The van der Waals surface area contributed by atoms with Crippen molar-refractivity contribution in [3.8, 4) is 16.9 Å². The van der Waals surface area contributed by atoms with Gasteiger partial charge in [0.1, 0.15) is 11.6 Å². The maximum Gasteiger partial charge on any atom is 0.127 e. The third kappa shape index (κ3) is 2.20. The molecule has 0 aromatic heterocycles. The van der Waals surface area contributed by atoms with E-state index in [4.69, 9.17) is 5.11 Å². The van der Waals surface area contributed by atoms with E-state index < -0.39 is 5.82 Å². The molecule has 0 heterocycles. The van der Waals surface area contributed by atoms with Crippen LogP contribution in [-0.4, -0.2) is 10.2 Å². The Labute approximate surface area is 92.6 Å². The fourth-order valence-electron chi connectivity index (χ4n) is 1.54. The molecule has 0 spiro atoms. The van der Waals surface area contributed by atoms with Gasteiger partial charge in [0.05, 0.1) is 6.61 Å². The fraction of sp³-hybridized carbons (Fsp3) is 0.0769. The first-order valence-corrected chi connectivity index (χ1v) is 4.89. The topological polar surface area (TPSA) is 40.5 Å². The second kappa shape index (κ2) is 4.33. The summed E-state index contributed by atoms with van der Waals surface area (Å²) in [7, 11) is 0. The second-order valence-corrected chi connectivity index (χ2v) is 3.55. The van der Waals surface area contributed by atoms with Crippen LogP contribution >= 0.6 is 0 Å². The predicted molar refractivity (Wildman–Crippen MR) is 59.4 cm³/mol. The first-order chi connectivity index (χ1) is 7.69. The van der Waals surface area contributed by atoms with Crippen LogP contribution in [0.5, 0.6) is 5.75 Å². The molecule has 0 bridgehead atoms. The Morgan fingerprint density at radius 1 is 0.938 bits per heavy atom. The molecule has 2 nitrogen and oxygen atoms in total. The number of hydrogen-bond acceptors (Lipinski definition) is 2. The lowest BCUT2D eigenvalue weighted by Crippen LogP contribution is -1.84. The van der Waals surface area contributed by atoms with Crippen LogP contribution in [0, 0.1) is 5.82 Å². The lowest BCUT2D eigenvalue weighted by atomic mass is 10.0. The SMILES string of the molecule is OCc1ccc(-c2cc(O)cc(F)c2)cc1. The third-order valence-electron chi connectivity index (χ3n) is 2.35. The molecule has 3 heteroatoms. The Hall–Kier alpha value is -1.87. The molecule has 2 aromatic carbocycles. The molecule has 16 heavy (non-hydrogen) atoms. The van der Waals surface area contributed by atoms with Crippen LogP contribution in [-0.2, 0) is 6.61 Å². The molecule has 2 rings (SSSR count). The van der Waals surface area contributed by atoms with E-state index in [2.05, 4.69) is 0 Å². The molecular formula is C13H11FO2. The Kier molecular flexibility index (Phi) is 2.88. The molecule has 82 valence electrons. The minimum atomic E-state index is -0.471. The number of hydrogen-bond donors (Lipinski definition) is 2. The minimum Gasteiger partial charge on any atom is -0.508 e. The summed E-state index contributed by atoms with van der Waals surface area (Å²) in [5.41, 5.74) is 2.21. The van der Waals surface area contributed by atoms with Crippen LogP contribution in [0.15, 0.2) is 42.5 Å². The van der Waals surface area contributed by atoms with E-state index in [1.54, 1.807) is 24.3 Å². The number of aliphatic hydroxyl groups is 1. The van der Waals surface area contributed by atoms with Gasteiger partial charge in [-0.1, -0.05) is 24.3 Å². The van der Waals surface area contributed by atoms with Gasteiger partial charge in [0.15, 0.2) is 0 Å². The van der Waals surface area contributed by atoms with Gasteiger partial charge < -0.3 is 10.2 Å². The number of benzene rings is 2. The van der Waals surface area contributed by atoms with Crippen LogP contribution in [0.2, 0.25) is 0 Å². The number of rotatable bonds is 2. The molecule has 0 aliphatic heterocycles. The number of halogens is 1. The van der Waals surface area contributed by atoms with Crippen molar-refractivity contribution in [2.75, 3.05) is 0 Å². The molecule has 2 N–H and O–H groups in total. The number of aromatic hydroxyl groups is 1. The van der Waals surface area contributed by atoms with Gasteiger partial charge >= 0.3 is 0 Å². The van der Waals surface area contributed by atoms with Crippen LogP contribution in [0.3, 0.4) is 0 Å². The Morgan fingerprint density at radius 3 is 2.19 bits per heavy atom. The average Bonchev–Trinajstić information content (AvgIpc) is 2.28. The van der Waals surface area contributed by atoms with Crippen molar-refractivity contribution in [3.63, 3.8) is 0 Å². The van der Waals surface area contributed by atoms with E-state index in [0.29, 0.717) is 5.56 Å². The van der Waals surface area contributed by atoms with Crippen LogP contribution < -0.4 is 0 Å².